The van der Waals surface area contributed by atoms with E-state index in [1.54, 1.807) is 18.5 Å². The summed E-state index contributed by atoms with van der Waals surface area (Å²) >= 11 is 9.14. The van der Waals surface area contributed by atoms with Gasteiger partial charge in [0.1, 0.15) is 5.75 Å². The van der Waals surface area contributed by atoms with Gasteiger partial charge in [0.25, 0.3) is 0 Å². The number of hydrogen-bond acceptors (Lipinski definition) is 3. The molecule has 1 aromatic carbocycles. The zero-order valence-corrected chi connectivity index (χ0v) is 13.0. The van der Waals surface area contributed by atoms with Crippen molar-refractivity contribution in [1.29, 1.82) is 0 Å². The molecule has 0 amide bonds. The Bertz CT molecular complexity index is 587. The second-order valence-electron chi connectivity index (χ2n) is 4.22. The molecule has 0 atom stereocenters. The first-order valence-electron chi connectivity index (χ1n) is 6.17. The summed E-state index contributed by atoms with van der Waals surface area (Å²) in [6, 6.07) is 9.05. The fourth-order valence-electron chi connectivity index (χ4n) is 1.67. The average molecular weight is 355 g/mol. The van der Waals surface area contributed by atoms with Crippen LogP contribution in [0, 0.1) is 0 Å². The molecule has 0 aliphatic carbocycles. The molecule has 0 N–H and O–H groups in total. The van der Waals surface area contributed by atoms with Crippen LogP contribution in [0.3, 0.4) is 0 Å². The summed E-state index contributed by atoms with van der Waals surface area (Å²) in [5.41, 5.74) is 0.720. The van der Waals surface area contributed by atoms with Gasteiger partial charge in [-0.15, -0.1) is 0 Å². The van der Waals surface area contributed by atoms with Crippen LogP contribution in [-0.4, -0.2) is 17.4 Å². The van der Waals surface area contributed by atoms with Gasteiger partial charge in [-0.3, -0.25) is 9.78 Å². The molecule has 0 spiro atoms. The van der Waals surface area contributed by atoms with Gasteiger partial charge in [-0.2, -0.15) is 0 Å². The van der Waals surface area contributed by atoms with Gasteiger partial charge in [-0.05, 0) is 18.6 Å². The van der Waals surface area contributed by atoms with Crippen LogP contribution in [-0.2, 0) is 0 Å². The summed E-state index contributed by atoms with van der Waals surface area (Å²) in [6.07, 6.45) is 4.25. The van der Waals surface area contributed by atoms with Crippen LogP contribution in [0.1, 0.15) is 23.2 Å². The van der Waals surface area contributed by atoms with Crippen molar-refractivity contribution in [1.82, 2.24) is 4.98 Å². The van der Waals surface area contributed by atoms with E-state index in [-0.39, 0.29) is 5.78 Å². The fourth-order valence-corrected chi connectivity index (χ4v) is 2.10. The highest BCUT2D eigenvalue weighted by Crippen LogP contribution is 2.16. The first-order valence-corrected chi connectivity index (χ1v) is 7.34. The first kappa shape index (κ1) is 15.0. The number of nitrogens with zero attached hydrogens (tertiary/aromatic N) is 1. The molecule has 104 valence electrons. The molecule has 20 heavy (non-hydrogen) atoms. The Morgan fingerprint density at radius 1 is 1.25 bits per heavy atom. The summed E-state index contributed by atoms with van der Waals surface area (Å²) in [7, 11) is 0. The molecule has 0 saturated carbocycles. The van der Waals surface area contributed by atoms with Gasteiger partial charge in [0.15, 0.2) is 5.78 Å². The van der Waals surface area contributed by atoms with Crippen molar-refractivity contribution in [3.05, 3.63) is 57.8 Å². The van der Waals surface area contributed by atoms with Gasteiger partial charge in [-0.1, -0.05) is 39.7 Å². The summed E-state index contributed by atoms with van der Waals surface area (Å²) in [4.78, 5) is 15.8. The molecule has 1 heterocycles. The normalized spacial score (nSPS) is 10.3. The van der Waals surface area contributed by atoms with Crippen molar-refractivity contribution >= 4 is 33.3 Å². The lowest BCUT2D eigenvalue weighted by Crippen LogP contribution is -2.04. The zero-order valence-electron chi connectivity index (χ0n) is 10.7. The lowest BCUT2D eigenvalue weighted by Gasteiger charge is -2.05. The standard InChI is InChI=1S/C15H13BrClNO2/c16-12-5-3-11(4-6-12)15(19)2-1-7-20-14-8-13(17)9-18-10-14/h3-6,8-10H,1-2,7H2. The fraction of sp³-hybridized carbons (Fsp3) is 0.200. The van der Waals surface area contributed by atoms with E-state index in [1.807, 2.05) is 24.3 Å². The monoisotopic (exact) mass is 353 g/mol. The number of benzene rings is 1. The molecule has 3 nitrogen and oxygen atoms in total. The minimum absolute atomic E-state index is 0.116. The van der Waals surface area contributed by atoms with E-state index in [1.165, 1.54) is 0 Å². The predicted octanol–water partition coefficient (Wildman–Crippen LogP) is 4.54. The molecule has 0 saturated heterocycles. The number of aromatic nitrogens is 1. The zero-order chi connectivity index (χ0) is 14.4. The summed E-state index contributed by atoms with van der Waals surface area (Å²) in [5.74, 6) is 0.735. The predicted molar refractivity (Wildman–Crippen MR) is 82.4 cm³/mol. The lowest BCUT2D eigenvalue weighted by molar-refractivity contribution is 0.0973. The number of carbonyl (C=O) groups is 1. The van der Waals surface area contributed by atoms with Crippen LogP contribution in [0.4, 0.5) is 0 Å². The molecule has 0 fully saturated rings. The molecule has 0 radical (unpaired) electrons. The number of ketones is 1. The van der Waals surface area contributed by atoms with Gasteiger partial charge in [0, 0.05) is 28.7 Å². The van der Waals surface area contributed by atoms with Crippen molar-refractivity contribution in [2.75, 3.05) is 6.61 Å². The quantitative estimate of drug-likeness (QED) is 0.565. The van der Waals surface area contributed by atoms with E-state index in [0.717, 1.165) is 10.0 Å². The van der Waals surface area contributed by atoms with Crippen LogP contribution in [0.15, 0.2) is 47.2 Å². The minimum atomic E-state index is 0.116. The van der Waals surface area contributed by atoms with Crippen LogP contribution in [0.5, 0.6) is 5.75 Å². The van der Waals surface area contributed by atoms with E-state index >= 15 is 0 Å². The maximum atomic E-state index is 11.9. The SMILES string of the molecule is O=C(CCCOc1cncc(Cl)c1)c1ccc(Br)cc1. The highest BCUT2D eigenvalue weighted by Gasteiger charge is 2.05. The topological polar surface area (TPSA) is 39.2 Å². The second-order valence-corrected chi connectivity index (χ2v) is 5.57. The molecule has 0 aliphatic rings. The Morgan fingerprint density at radius 2 is 2.00 bits per heavy atom. The van der Waals surface area contributed by atoms with Gasteiger partial charge >= 0.3 is 0 Å². The van der Waals surface area contributed by atoms with Crippen LogP contribution in [0.2, 0.25) is 5.02 Å². The lowest BCUT2D eigenvalue weighted by atomic mass is 10.1. The molecule has 1 aromatic heterocycles. The number of carbonyl (C=O) groups excluding carboxylic acids is 1. The van der Waals surface area contributed by atoms with Crippen molar-refractivity contribution in [3.63, 3.8) is 0 Å². The van der Waals surface area contributed by atoms with Crippen molar-refractivity contribution in [2.24, 2.45) is 0 Å². The van der Waals surface area contributed by atoms with Crippen LogP contribution >= 0.6 is 27.5 Å². The summed E-state index contributed by atoms with van der Waals surface area (Å²) in [5, 5.41) is 0.536. The van der Waals surface area contributed by atoms with Crippen molar-refractivity contribution in [3.8, 4) is 5.75 Å². The van der Waals surface area contributed by atoms with Gasteiger partial charge in [0.2, 0.25) is 0 Å². The minimum Gasteiger partial charge on any atom is -0.492 e. The molecule has 0 unspecified atom stereocenters. The highest BCUT2D eigenvalue weighted by atomic mass is 79.9. The number of ether oxygens (including phenoxy) is 1. The molecular formula is C15H13BrClNO2. The first-order chi connectivity index (χ1) is 9.65. The molecule has 5 heteroatoms. The Labute approximate surface area is 131 Å². The van der Waals surface area contributed by atoms with Gasteiger partial charge < -0.3 is 4.74 Å². The summed E-state index contributed by atoms with van der Waals surface area (Å²) < 4.78 is 6.45. The molecule has 0 bridgehead atoms. The molecular weight excluding hydrogens is 342 g/mol. The van der Waals surface area contributed by atoms with Crippen LogP contribution < -0.4 is 4.74 Å². The second kappa shape index (κ2) is 7.41. The number of rotatable bonds is 6. The van der Waals surface area contributed by atoms with E-state index in [2.05, 4.69) is 20.9 Å². The van der Waals surface area contributed by atoms with Gasteiger partial charge in [0.05, 0.1) is 17.8 Å². The van der Waals surface area contributed by atoms with E-state index in [4.69, 9.17) is 16.3 Å². The number of hydrogen-bond donors (Lipinski definition) is 0. The van der Waals surface area contributed by atoms with E-state index in [0.29, 0.717) is 30.2 Å². The maximum Gasteiger partial charge on any atom is 0.163 e. The van der Waals surface area contributed by atoms with Crippen LogP contribution in [0.25, 0.3) is 0 Å². The third kappa shape index (κ3) is 4.62. The molecule has 0 aliphatic heterocycles. The van der Waals surface area contributed by atoms with Crippen molar-refractivity contribution in [2.45, 2.75) is 12.8 Å². The smallest absolute Gasteiger partial charge is 0.163 e. The third-order valence-electron chi connectivity index (χ3n) is 2.66. The van der Waals surface area contributed by atoms with E-state index in [9.17, 15) is 4.79 Å². The van der Waals surface area contributed by atoms with Crippen molar-refractivity contribution < 1.29 is 9.53 Å². The Balaban J connectivity index is 1.76. The average Bonchev–Trinajstić information content (AvgIpc) is 2.44. The Hall–Kier alpha value is -1.39. The summed E-state index contributed by atoms with van der Waals surface area (Å²) in [6.45, 7) is 0.463. The van der Waals surface area contributed by atoms with Gasteiger partial charge in [-0.25, -0.2) is 0 Å². The maximum absolute atomic E-state index is 11.9. The number of pyridine rings is 1. The Morgan fingerprint density at radius 3 is 2.70 bits per heavy atom. The highest BCUT2D eigenvalue weighted by molar-refractivity contribution is 9.10. The van der Waals surface area contributed by atoms with E-state index < -0.39 is 0 Å². The molecule has 2 aromatic rings. The molecule has 2 rings (SSSR count). The number of Topliss-reactive ketones (excluding diaryl/α,β-unsaturated/α-hetero) is 1. The number of halogens is 2. The Kier molecular flexibility index (Phi) is 5.56. The largest absolute Gasteiger partial charge is 0.492 e. The third-order valence-corrected chi connectivity index (χ3v) is 3.40.